The number of carbonyl (C=O) groups excluding carboxylic acids is 1. The third kappa shape index (κ3) is 3.87. The second-order valence-electron chi connectivity index (χ2n) is 5.17. The van der Waals surface area contributed by atoms with E-state index in [1.807, 2.05) is 11.0 Å². The zero-order valence-corrected chi connectivity index (χ0v) is 12.8. The fraction of sp³-hybridized carbons (Fsp3) is 0.533. The summed E-state index contributed by atoms with van der Waals surface area (Å²) in [6.45, 7) is 0.909. The topological polar surface area (TPSA) is 40.5 Å². The summed E-state index contributed by atoms with van der Waals surface area (Å²) in [7, 11) is 0. The Morgan fingerprint density at radius 3 is 2.80 bits per heavy atom. The molecule has 0 saturated carbocycles. The summed E-state index contributed by atoms with van der Waals surface area (Å²) in [4.78, 5) is 14.3. The maximum Gasteiger partial charge on any atom is 0.227 e. The highest BCUT2D eigenvalue weighted by atomic mass is 35.5. The first kappa shape index (κ1) is 15.6. The SMILES string of the molecule is O=C(Cc1ccc(Cl)c(Cl)c1)N1CCCCC1CCO. The van der Waals surface area contributed by atoms with Gasteiger partial charge in [-0.2, -0.15) is 0 Å². The lowest BCUT2D eigenvalue weighted by molar-refractivity contribution is -0.134. The number of halogens is 2. The van der Waals surface area contributed by atoms with Crippen molar-refractivity contribution in [3.8, 4) is 0 Å². The lowest BCUT2D eigenvalue weighted by atomic mass is 9.98. The first-order chi connectivity index (χ1) is 9.61. The molecule has 1 atom stereocenters. The van der Waals surface area contributed by atoms with Gasteiger partial charge < -0.3 is 10.0 Å². The number of rotatable bonds is 4. The Kier molecular flexibility index (Phi) is 5.70. The predicted molar refractivity (Wildman–Crippen MR) is 81.2 cm³/mol. The third-order valence-corrected chi connectivity index (χ3v) is 4.49. The van der Waals surface area contributed by atoms with Gasteiger partial charge in [0.15, 0.2) is 0 Å². The van der Waals surface area contributed by atoms with Gasteiger partial charge in [0.05, 0.1) is 16.5 Å². The van der Waals surface area contributed by atoms with Crippen LogP contribution in [0.3, 0.4) is 0 Å². The summed E-state index contributed by atoms with van der Waals surface area (Å²) in [5.41, 5.74) is 0.873. The van der Waals surface area contributed by atoms with Gasteiger partial charge in [-0.25, -0.2) is 0 Å². The van der Waals surface area contributed by atoms with Crippen LogP contribution in [-0.4, -0.2) is 35.1 Å². The highest BCUT2D eigenvalue weighted by Gasteiger charge is 2.26. The van der Waals surface area contributed by atoms with Crippen LogP contribution in [0, 0.1) is 0 Å². The Morgan fingerprint density at radius 2 is 2.10 bits per heavy atom. The van der Waals surface area contributed by atoms with Gasteiger partial charge in [0.2, 0.25) is 5.91 Å². The van der Waals surface area contributed by atoms with Gasteiger partial charge >= 0.3 is 0 Å². The van der Waals surface area contributed by atoms with E-state index in [-0.39, 0.29) is 18.6 Å². The lowest BCUT2D eigenvalue weighted by Crippen LogP contribution is -2.44. The van der Waals surface area contributed by atoms with E-state index >= 15 is 0 Å². The quantitative estimate of drug-likeness (QED) is 0.926. The Labute approximate surface area is 129 Å². The van der Waals surface area contributed by atoms with Gasteiger partial charge in [0.25, 0.3) is 0 Å². The van der Waals surface area contributed by atoms with Crippen LogP contribution in [0.2, 0.25) is 10.0 Å². The largest absolute Gasteiger partial charge is 0.396 e. The van der Waals surface area contributed by atoms with Crippen molar-refractivity contribution in [3.63, 3.8) is 0 Å². The smallest absolute Gasteiger partial charge is 0.227 e. The molecule has 1 aliphatic rings. The van der Waals surface area contributed by atoms with E-state index in [0.29, 0.717) is 22.9 Å². The molecule has 2 rings (SSSR count). The number of aliphatic hydroxyl groups excluding tert-OH is 1. The highest BCUT2D eigenvalue weighted by molar-refractivity contribution is 6.42. The summed E-state index contributed by atoms with van der Waals surface area (Å²) in [6.07, 6.45) is 4.13. The number of carbonyl (C=O) groups is 1. The molecule has 1 aromatic carbocycles. The molecule has 0 radical (unpaired) electrons. The van der Waals surface area contributed by atoms with Crippen LogP contribution in [0.5, 0.6) is 0 Å². The number of hydrogen-bond acceptors (Lipinski definition) is 2. The van der Waals surface area contributed by atoms with Crippen LogP contribution in [0.1, 0.15) is 31.2 Å². The minimum atomic E-state index is 0.0986. The molecule has 5 heteroatoms. The second kappa shape index (κ2) is 7.30. The van der Waals surface area contributed by atoms with Crippen molar-refractivity contribution in [2.45, 2.75) is 38.1 Å². The summed E-state index contributed by atoms with van der Waals surface area (Å²) < 4.78 is 0. The summed E-state index contributed by atoms with van der Waals surface area (Å²) in [5.74, 6) is 0.0986. The molecular formula is C15H19Cl2NO2. The van der Waals surface area contributed by atoms with Gasteiger partial charge in [-0.05, 0) is 43.4 Å². The van der Waals surface area contributed by atoms with Crippen molar-refractivity contribution in [1.82, 2.24) is 4.90 Å². The van der Waals surface area contributed by atoms with Crippen LogP contribution in [0.15, 0.2) is 18.2 Å². The summed E-state index contributed by atoms with van der Waals surface area (Å²) >= 11 is 11.8. The van der Waals surface area contributed by atoms with Gasteiger partial charge in [-0.15, -0.1) is 0 Å². The van der Waals surface area contributed by atoms with Crippen LogP contribution in [0.25, 0.3) is 0 Å². The summed E-state index contributed by atoms with van der Waals surface area (Å²) in [5, 5.41) is 10.1. The van der Waals surface area contributed by atoms with Gasteiger partial charge in [-0.3, -0.25) is 4.79 Å². The first-order valence-corrected chi connectivity index (χ1v) is 7.71. The van der Waals surface area contributed by atoms with Gasteiger partial charge in [0.1, 0.15) is 0 Å². The van der Waals surface area contributed by atoms with Gasteiger partial charge in [0, 0.05) is 19.2 Å². The van der Waals surface area contributed by atoms with Crippen LogP contribution in [-0.2, 0) is 11.2 Å². The zero-order valence-electron chi connectivity index (χ0n) is 11.3. The minimum Gasteiger partial charge on any atom is -0.396 e. The number of nitrogens with zero attached hydrogens (tertiary/aromatic N) is 1. The highest BCUT2D eigenvalue weighted by Crippen LogP contribution is 2.24. The Balaban J connectivity index is 2.03. The molecular weight excluding hydrogens is 297 g/mol. The van der Waals surface area contributed by atoms with Crippen molar-refractivity contribution in [2.75, 3.05) is 13.2 Å². The molecule has 1 amide bonds. The van der Waals surface area contributed by atoms with E-state index in [2.05, 4.69) is 0 Å². The molecule has 1 fully saturated rings. The number of aliphatic hydroxyl groups is 1. The maximum atomic E-state index is 12.4. The van der Waals surface area contributed by atoms with E-state index in [1.54, 1.807) is 12.1 Å². The van der Waals surface area contributed by atoms with Gasteiger partial charge in [-0.1, -0.05) is 29.3 Å². The normalized spacial score (nSPS) is 19.1. The Morgan fingerprint density at radius 1 is 1.30 bits per heavy atom. The van der Waals surface area contributed by atoms with Crippen molar-refractivity contribution >= 4 is 29.1 Å². The van der Waals surface area contributed by atoms with Crippen LogP contribution < -0.4 is 0 Å². The van der Waals surface area contributed by atoms with Crippen LogP contribution in [0.4, 0.5) is 0 Å². The number of piperidine rings is 1. The van der Waals surface area contributed by atoms with Crippen LogP contribution >= 0.6 is 23.2 Å². The average molecular weight is 316 g/mol. The molecule has 0 aliphatic carbocycles. The number of amides is 1. The molecule has 1 aromatic rings. The van der Waals surface area contributed by atoms with Crippen molar-refractivity contribution < 1.29 is 9.90 Å². The minimum absolute atomic E-state index is 0.0986. The zero-order chi connectivity index (χ0) is 14.5. The fourth-order valence-electron chi connectivity index (χ4n) is 2.70. The maximum absolute atomic E-state index is 12.4. The van der Waals surface area contributed by atoms with E-state index in [4.69, 9.17) is 28.3 Å². The molecule has 0 spiro atoms. The first-order valence-electron chi connectivity index (χ1n) is 6.96. The fourth-order valence-corrected chi connectivity index (χ4v) is 3.02. The predicted octanol–water partition coefficient (Wildman–Crippen LogP) is 3.30. The van der Waals surface area contributed by atoms with E-state index < -0.39 is 0 Å². The molecule has 20 heavy (non-hydrogen) atoms. The van der Waals surface area contributed by atoms with Crippen molar-refractivity contribution in [1.29, 1.82) is 0 Å². The molecule has 1 unspecified atom stereocenters. The number of likely N-dealkylation sites (tertiary alicyclic amines) is 1. The van der Waals surface area contributed by atoms with Crippen molar-refractivity contribution in [3.05, 3.63) is 33.8 Å². The second-order valence-corrected chi connectivity index (χ2v) is 5.99. The molecule has 1 aliphatic heterocycles. The molecule has 1 saturated heterocycles. The standard InChI is InChI=1S/C15H19Cl2NO2/c16-13-5-4-11(9-14(13)17)10-15(20)18-7-2-1-3-12(18)6-8-19/h4-5,9,12,19H,1-3,6-8,10H2. The molecule has 1 N–H and O–H groups in total. The number of benzene rings is 1. The van der Waals surface area contributed by atoms with E-state index in [1.165, 1.54) is 0 Å². The summed E-state index contributed by atoms with van der Waals surface area (Å²) in [6, 6.07) is 5.46. The molecule has 0 aromatic heterocycles. The number of hydrogen-bond donors (Lipinski definition) is 1. The lowest BCUT2D eigenvalue weighted by Gasteiger charge is -2.35. The average Bonchev–Trinajstić information content (AvgIpc) is 2.44. The third-order valence-electron chi connectivity index (χ3n) is 3.75. The molecule has 1 heterocycles. The monoisotopic (exact) mass is 315 g/mol. The molecule has 0 bridgehead atoms. The van der Waals surface area contributed by atoms with E-state index in [0.717, 1.165) is 31.4 Å². The Bertz CT molecular complexity index is 477. The molecule has 110 valence electrons. The Hall–Kier alpha value is -0.770. The molecule has 3 nitrogen and oxygen atoms in total. The van der Waals surface area contributed by atoms with E-state index in [9.17, 15) is 4.79 Å². The van der Waals surface area contributed by atoms with Crippen molar-refractivity contribution in [2.24, 2.45) is 0 Å².